The van der Waals surface area contributed by atoms with Crippen LogP contribution < -0.4 is 14.8 Å². The van der Waals surface area contributed by atoms with Crippen LogP contribution in [0.25, 0.3) is 0 Å². The zero-order chi connectivity index (χ0) is 20.7. The van der Waals surface area contributed by atoms with Crippen molar-refractivity contribution in [2.24, 2.45) is 0 Å². The minimum absolute atomic E-state index is 0.0845. The number of rotatable bonds is 10. The highest BCUT2D eigenvalue weighted by Crippen LogP contribution is 2.31. The first-order valence-electron chi connectivity index (χ1n) is 10.1. The summed E-state index contributed by atoms with van der Waals surface area (Å²) in [4.78, 5) is 12.8. The number of carbonyl (C=O) groups excluding carboxylic acids is 1. The van der Waals surface area contributed by atoms with E-state index in [0.717, 1.165) is 24.2 Å². The Hall–Kier alpha value is -2.50. The van der Waals surface area contributed by atoms with Crippen LogP contribution in [0.1, 0.15) is 86.8 Å². The van der Waals surface area contributed by atoms with Gasteiger partial charge in [-0.25, -0.2) is 0 Å². The molecule has 0 saturated carbocycles. The summed E-state index contributed by atoms with van der Waals surface area (Å²) in [6, 6.07) is 5.60. The van der Waals surface area contributed by atoms with Gasteiger partial charge in [-0.2, -0.15) is 0 Å². The smallest absolute Gasteiger partial charge is 0.257 e. The van der Waals surface area contributed by atoms with E-state index in [1.54, 1.807) is 6.92 Å². The van der Waals surface area contributed by atoms with Gasteiger partial charge in [0, 0.05) is 5.92 Å². The molecular weight excluding hydrogens is 356 g/mol. The number of benzene rings is 1. The molecule has 6 nitrogen and oxygen atoms in total. The van der Waals surface area contributed by atoms with Gasteiger partial charge in [0.05, 0.1) is 24.9 Å². The van der Waals surface area contributed by atoms with E-state index in [1.165, 1.54) is 0 Å². The second-order valence-corrected chi connectivity index (χ2v) is 7.26. The lowest BCUT2D eigenvalue weighted by Gasteiger charge is -2.18. The van der Waals surface area contributed by atoms with Crippen LogP contribution in [0.3, 0.4) is 0 Å². The number of nitrogens with one attached hydrogen (secondary N) is 1. The summed E-state index contributed by atoms with van der Waals surface area (Å²) < 4.78 is 17.0. The number of ether oxygens (including phenoxy) is 2. The number of hydrogen-bond acceptors (Lipinski definition) is 5. The Balaban J connectivity index is 2.20. The van der Waals surface area contributed by atoms with Gasteiger partial charge in [0.1, 0.15) is 5.56 Å². The van der Waals surface area contributed by atoms with Crippen LogP contribution in [0, 0.1) is 6.92 Å². The molecule has 1 amide bonds. The molecule has 2 aromatic rings. The van der Waals surface area contributed by atoms with Gasteiger partial charge in [-0.1, -0.05) is 38.9 Å². The van der Waals surface area contributed by atoms with Crippen molar-refractivity contribution in [1.82, 2.24) is 10.5 Å². The molecule has 1 heterocycles. The average Bonchev–Trinajstić information content (AvgIpc) is 3.06. The van der Waals surface area contributed by atoms with E-state index in [-0.39, 0.29) is 17.9 Å². The summed E-state index contributed by atoms with van der Waals surface area (Å²) in [5, 5.41) is 7.00. The number of aryl methyl sites for hydroxylation is 1. The van der Waals surface area contributed by atoms with Crippen LogP contribution in [-0.4, -0.2) is 24.3 Å². The number of carbonyl (C=O) groups is 1. The third-order valence-electron chi connectivity index (χ3n) is 4.38. The van der Waals surface area contributed by atoms with Gasteiger partial charge in [0.25, 0.3) is 5.91 Å². The first kappa shape index (κ1) is 21.8. The first-order valence-corrected chi connectivity index (χ1v) is 10.1. The molecule has 28 heavy (non-hydrogen) atoms. The largest absolute Gasteiger partial charge is 0.490 e. The van der Waals surface area contributed by atoms with E-state index in [9.17, 15) is 4.79 Å². The van der Waals surface area contributed by atoms with Crippen molar-refractivity contribution in [2.45, 2.75) is 66.3 Å². The zero-order valence-electron chi connectivity index (χ0n) is 17.8. The number of amides is 1. The number of aromatic nitrogens is 1. The maximum Gasteiger partial charge on any atom is 0.257 e. The Morgan fingerprint density at radius 3 is 2.36 bits per heavy atom. The standard InChI is InChI=1S/C22H32N2O4/c1-7-11-26-18-10-9-17(13-19(18)27-12-8-2)15(5)23-22(25)20-16(6)24-28-21(20)14(3)4/h9-10,13-15H,7-8,11-12H2,1-6H3,(H,23,25). The summed E-state index contributed by atoms with van der Waals surface area (Å²) >= 11 is 0. The average molecular weight is 389 g/mol. The zero-order valence-corrected chi connectivity index (χ0v) is 17.8. The van der Waals surface area contributed by atoms with Crippen molar-refractivity contribution in [3.63, 3.8) is 0 Å². The molecule has 1 aromatic heterocycles. The van der Waals surface area contributed by atoms with Crippen LogP contribution in [0.4, 0.5) is 0 Å². The molecule has 1 atom stereocenters. The van der Waals surface area contributed by atoms with Gasteiger partial charge in [-0.15, -0.1) is 0 Å². The highest BCUT2D eigenvalue weighted by Gasteiger charge is 2.24. The molecule has 0 radical (unpaired) electrons. The third kappa shape index (κ3) is 5.27. The summed E-state index contributed by atoms with van der Waals surface area (Å²) in [5.74, 6) is 1.95. The van der Waals surface area contributed by atoms with E-state index < -0.39 is 0 Å². The monoisotopic (exact) mass is 388 g/mol. The molecule has 0 aliphatic rings. The maximum atomic E-state index is 12.8. The van der Waals surface area contributed by atoms with Gasteiger partial charge in [-0.05, 0) is 44.4 Å². The van der Waals surface area contributed by atoms with Gasteiger partial charge in [0.2, 0.25) is 0 Å². The van der Waals surface area contributed by atoms with Gasteiger partial charge in [0.15, 0.2) is 17.3 Å². The minimum Gasteiger partial charge on any atom is -0.490 e. The van der Waals surface area contributed by atoms with E-state index in [1.807, 2.05) is 39.0 Å². The molecule has 0 bridgehead atoms. The Bertz CT molecular complexity index is 783. The highest BCUT2D eigenvalue weighted by atomic mass is 16.5. The third-order valence-corrected chi connectivity index (χ3v) is 4.38. The number of nitrogens with zero attached hydrogens (tertiary/aromatic N) is 1. The topological polar surface area (TPSA) is 73.6 Å². The van der Waals surface area contributed by atoms with E-state index in [0.29, 0.717) is 36.0 Å². The van der Waals surface area contributed by atoms with Gasteiger partial charge < -0.3 is 19.3 Å². The van der Waals surface area contributed by atoms with Crippen LogP contribution >= 0.6 is 0 Å². The summed E-state index contributed by atoms with van der Waals surface area (Å²) in [6.07, 6.45) is 1.84. The minimum atomic E-state index is -0.203. The molecule has 0 fully saturated rings. The lowest BCUT2D eigenvalue weighted by molar-refractivity contribution is 0.0936. The molecule has 2 rings (SSSR count). The maximum absolute atomic E-state index is 12.8. The van der Waals surface area contributed by atoms with Crippen LogP contribution in [0.2, 0.25) is 0 Å². The summed E-state index contributed by atoms with van der Waals surface area (Å²) in [7, 11) is 0. The second kappa shape index (κ2) is 10.2. The SMILES string of the molecule is CCCOc1ccc(C(C)NC(=O)c2c(C)noc2C(C)C)cc1OCCC. The van der Waals surface area contributed by atoms with Crippen LogP contribution in [0.15, 0.2) is 22.7 Å². The Kier molecular flexibility index (Phi) is 7.91. The van der Waals surface area contributed by atoms with Crippen molar-refractivity contribution >= 4 is 5.91 Å². The summed E-state index contributed by atoms with van der Waals surface area (Å²) in [6.45, 7) is 13.1. The van der Waals surface area contributed by atoms with E-state index >= 15 is 0 Å². The van der Waals surface area contributed by atoms with E-state index in [2.05, 4.69) is 24.3 Å². The molecule has 1 N–H and O–H groups in total. The fourth-order valence-corrected chi connectivity index (χ4v) is 2.86. The van der Waals surface area contributed by atoms with Gasteiger partial charge >= 0.3 is 0 Å². The fourth-order valence-electron chi connectivity index (χ4n) is 2.86. The van der Waals surface area contributed by atoms with E-state index in [4.69, 9.17) is 14.0 Å². The molecule has 1 aromatic carbocycles. The molecular formula is C22H32N2O4. The molecule has 0 spiro atoms. The van der Waals surface area contributed by atoms with Crippen molar-refractivity contribution in [1.29, 1.82) is 0 Å². The highest BCUT2D eigenvalue weighted by molar-refractivity contribution is 5.96. The predicted octanol–water partition coefficient (Wildman–Crippen LogP) is 5.18. The lowest BCUT2D eigenvalue weighted by Crippen LogP contribution is -2.28. The number of hydrogen-bond donors (Lipinski definition) is 1. The molecule has 0 aliphatic carbocycles. The fraction of sp³-hybridized carbons (Fsp3) is 0.545. The Morgan fingerprint density at radius 2 is 1.75 bits per heavy atom. The lowest BCUT2D eigenvalue weighted by atomic mass is 10.0. The van der Waals surface area contributed by atoms with Crippen molar-refractivity contribution in [3.05, 3.63) is 40.8 Å². The molecule has 0 saturated heterocycles. The predicted molar refractivity (Wildman–Crippen MR) is 109 cm³/mol. The quantitative estimate of drug-likeness (QED) is 0.607. The van der Waals surface area contributed by atoms with Crippen LogP contribution in [0.5, 0.6) is 11.5 Å². The van der Waals surface area contributed by atoms with Gasteiger partial charge in [-0.3, -0.25) is 4.79 Å². The Labute approximate surface area is 167 Å². The summed E-state index contributed by atoms with van der Waals surface area (Å²) in [5.41, 5.74) is 2.07. The molecule has 6 heteroatoms. The molecule has 0 aliphatic heterocycles. The molecule has 1 unspecified atom stereocenters. The Morgan fingerprint density at radius 1 is 1.11 bits per heavy atom. The normalized spacial score (nSPS) is 12.1. The van der Waals surface area contributed by atoms with Crippen molar-refractivity contribution in [2.75, 3.05) is 13.2 Å². The second-order valence-electron chi connectivity index (χ2n) is 7.26. The van der Waals surface area contributed by atoms with Crippen LogP contribution in [-0.2, 0) is 0 Å². The molecule has 154 valence electrons. The first-order chi connectivity index (χ1) is 13.4. The van der Waals surface area contributed by atoms with Crippen molar-refractivity contribution < 1.29 is 18.8 Å². The van der Waals surface area contributed by atoms with Crippen molar-refractivity contribution in [3.8, 4) is 11.5 Å².